The molecule has 4 rings (SSSR count). The van der Waals surface area contributed by atoms with E-state index < -0.39 is 0 Å². The Labute approximate surface area is 134 Å². The highest BCUT2D eigenvalue weighted by molar-refractivity contribution is 5.21. The van der Waals surface area contributed by atoms with Crippen molar-refractivity contribution in [3.63, 3.8) is 0 Å². The number of aromatic nitrogens is 3. The average molecular weight is 316 g/mol. The Bertz CT molecular complexity index is 695. The van der Waals surface area contributed by atoms with Gasteiger partial charge in [0.05, 0.1) is 12.6 Å². The number of β-amino-alcohol motifs (C(OH)–C–C–N with tert-alkyl or cyclic N) is 1. The summed E-state index contributed by atoms with van der Waals surface area (Å²) >= 11 is 0. The molecule has 0 bridgehead atoms. The lowest BCUT2D eigenvalue weighted by Crippen LogP contribution is -2.26. The first-order valence-corrected chi connectivity index (χ1v) is 8.20. The molecule has 1 saturated heterocycles. The van der Waals surface area contributed by atoms with Crippen LogP contribution >= 0.6 is 0 Å². The lowest BCUT2D eigenvalue weighted by atomic mass is 10.0. The number of hydrogen-bond donors (Lipinski definition) is 1. The van der Waals surface area contributed by atoms with E-state index in [1.165, 1.54) is 25.0 Å². The average Bonchev–Trinajstić information content (AvgIpc) is 3.20. The van der Waals surface area contributed by atoms with Crippen LogP contribution in [0.2, 0.25) is 0 Å². The Morgan fingerprint density at radius 3 is 2.65 bits per heavy atom. The van der Waals surface area contributed by atoms with Crippen molar-refractivity contribution >= 4 is 0 Å². The molecule has 2 aromatic rings. The summed E-state index contributed by atoms with van der Waals surface area (Å²) in [4.78, 5) is 2.22. The molecule has 122 valence electrons. The molecular weight excluding hydrogens is 295 g/mol. The second kappa shape index (κ2) is 5.69. The van der Waals surface area contributed by atoms with Crippen LogP contribution in [0.25, 0.3) is 0 Å². The van der Waals surface area contributed by atoms with Gasteiger partial charge in [-0.1, -0.05) is 12.1 Å². The van der Waals surface area contributed by atoms with Gasteiger partial charge in [-0.25, -0.2) is 4.39 Å². The van der Waals surface area contributed by atoms with Gasteiger partial charge in [0.15, 0.2) is 0 Å². The minimum absolute atomic E-state index is 0.0928. The number of hydrogen-bond acceptors (Lipinski definition) is 4. The van der Waals surface area contributed by atoms with Crippen molar-refractivity contribution < 1.29 is 9.50 Å². The fourth-order valence-corrected chi connectivity index (χ4v) is 3.60. The first kappa shape index (κ1) is 14.8. The summed E-state index contributed by atoms with van der Waals surface area (Å²) in [5.41, 5.74) is 1.04. The van der Waals surface area contributed by atoms with Gasteiger partial charge in [-0.05, 0) is 43.9 Å². The minimum atomic E-state index is -0.358. The number of benzene rings is 1. The van der Waals surface area contributed by atoms with E-state index in [2.05, 4.69) is 19.7 Å². The molecule has 2 heterocycles. The normalized spacial score (nSPS) is 25.2. The zero-order valence-corrected chi connectivity index (χ0v) is 13.2. The van der Waals surface area contributed by atoms with Crippen LogP contribution in [-0.4, -0.2) is 37.4 Å². The van der Waals surface area contributed by atoms with Gasteiger partial charge in [-0.2, -0.15) is 0 Å². The van der Waals surface area contributed by atoms with Crippen LogP contribution in [0.1, 0.15) is 48.6 Å². The molecule has 1 aromatic heterocycles. The highest BCUT2D eigenvalue weighted by Crippen LogP contribution is 2.38. The van der Waals surface area contributed by atoms with E-state index in [-0.39, 0.29) is 18.0 Å². The second-order valence-corrected chi connectivity index (χ2v) is 6.65. The van der Waals surface area contributed by atoms with E-state index in [1.54, 1.807) is 0 Å². The number of aliphatic hydroxyl groups excluding tert-OH is 1. The second-order valence-electron chi connectivity index (χ2n) is 6.65. The predicted molar refractivity (Wildman–Crippen MR) is 83.2 cm³/mol. The molecule has 1 aromatic carbocycles. The van der Waals surface area contributed by atoms with Gasteiger partial charge >= 0.3 is 0 Å². The summed E-state index contributed by atoms with van der Waals surface area (Å²) in [6, 6.07) is 7.21. The van der Waals surface area contributed by atoms with Gasteiger partial charge < -0.3 is 9.67 Å². The Balaban J connectivity index is 1.58. The van der Waals surface area contributed by atoms with E-state index in [0.717, 1.165) is 17.2 Å². The molecule has 0 spiro atoms. The van der Waals surface area contributed by atoms with E-state index >= 15 is 0 Å². The number of aryl methyl sites for hydroxylation is 1. The summed E-state index contributed by atoms with van der Waals surface area (Å²) in [7, 11) is 0. The van der Waals surface area contributed by atoms with Crippen LogP contribution in [-0.2, 0) is 6.54 Å². The monoisotopic (exact) mass is 316 g/mol. The SMILES string of the molecule is Cc1nnc(CN2C[C@H](O)C[C@@H]2c2ccc(F)cc2)n1C1CC1. The first-order chi connectivity index (χ1) is 11.1. The Morgan fingerprint density at radius 1 is 1.22 bits per heavy atom. The van der Waals surface area contributed by atoms with Gasteiger partial charge in [0, 0.05) is 18.6 Å². The predicted octanol–water partition coefficient (Wildman–Crippen LogP) is 2.37. The molecule has 23 heavy (non-hydrogen) atoms. The smallest absolute Gasteiger partial charge is 0.147 e. The van der Waals surface area contributed by atoms with Crippen molar-refractivity contribution in [2.75, 3.05) is 6.54 Å². The van der Waals surface area contributed by atoms with Gasteiger partial charge in [0.25, 0.3) is 0 Å². The summed E-state index contributed by atoms with van der Waals surface area (Å²) in [6.45, 7) is 3.26. The molecule has 2 atom stereocenters. The zero-order chi connectivity index (χ0) is 16.0. The molecular formula is C17H21FN4O. The molecule has 5 nitrogen and oxygen atoms in total. The van der Waals surface area contributed by atoms with Crippen LogP contribution in [0.15, 0.2) is 24.3 Å². The van der Waals surface area contributed by atoms with Crippen molar-refractivity contribution in [3.8, 4) is 0 Å². The Kier molecular flexibility index (Phi) is 3.66. The van der Waals surface area contributed by atoms with Crippen molar-refractivity contribution in [3.05, 3.63) is 47.3 Å². The van der Waals surface area contributed by atoms with Crippen LogP contribution in [0.3, 0.4) is 0 Å². The third-order valence-electron chi connectivity index (χ3n) is 4.83. The number of aliphatic hydroxyl groups is 1. The van der Waals surface area contributed by atoms with E-state index in [1.807, 2.05) is 19.1 Å². The van der Waals surface area contributed by atoms with E-state index in [0.29, 0.717) is 25.6 Å². The van der Waals surface area contributed by atoms with Crippen molar-refractivity contribution in [1.82, 2.24) is 19.7 Å². The molecule has 1 N–H and O–H groups in total. The minimum Gasteiger partial charge on any atom is -0.392 e. The quantitative estimate of drug-likeness (QED) is 0.941. The first-order valence-electron chi connectivity index (χ1n) is 8.20. The molecule has 2 fully saturated rings. The molecule has 2 aliphatic rings. The third kappa shape index (κ3) is 2.88. The highest BCUT2D eigenvalue weighted by Gasteiger charge is 2.35. The van der Waals surface area contributed by atoms with Crippen molar-refractivity contribution in [2.45, 2.75) is 50.9 Å². The van der Waals surface area contributed by atoms with Gasteiger partial charge in [0.1, 0.15) is 17.5 Å². The number of halogens is 1. The molecule has 0 unspecified atom stereocenters. The van der Waals surface area contributed by atoms with Crippen LogP contribution in [0.4, 0.5) is 4.39 Å². The molecule has 0 radical (unpaired) electrons. The third-order valence-corrected chi connectivity index (χ3v) is 4.83. The Hall–Kier alpha value is -1.79. The summed E-state index contributed by atoms with van der Waals surface area (Å²) in [5.74, 6) is 1.69. The molecule has 1 aliphatic heterocycles. The summed E-state index contributed by atoms with van der Waals surface area (Å²) in [6.07, 6.45) is 2.69. The van der Waals surface area contributed by atoms with E-state index in [4.69, 9.17) is 0 Å². The number of rotatable bonds is 4. The lowest BCUT2D eigenvalue weighted by molar-refractivity contribution is 0.170. The van der Waals surface area contributed by atoms with Crippen LogP contribution < -0.4 is 0 Å². The van der Waals surface area contributed by atoms with Gasteiger partial charge in [0.2, 0.25) is 0 Å². The maximum Gasteiger partial charge on any atom is 0.147 e. The number of nitrogens with zero attached hydrogens (tertiary/aromatic N) is 4. The molecule has 1 saturated carbocycles. The fourth-order valence-electron chi connectivity index (χ4n) is 3.60. The molecule has 1 aliphatic carbocycles. The van der Waals surface area contributed by atoms with Gasteiger partial charge in [-0.3, -0.25) is 4.90 Å². The van der Waals surface area contributed by atoms with Crippen molar-refractivity contribution in [2.24, 2.45) is 0 Å². The van der Waals surface area contributed by atoms with Gasteiger partial charge in [-0.15, -0.1) is 10.2 Å². The zero-order valence-electron chi connectivity index (χ0n) is 13.2. The standard InChI is InChI=1S/C17H21FN4O/c1-11-19-20-17(22(11)14-6-7-14)10-21-9-15(23)8-16(21)12-2-4-13(18)5-3-12/h2-5,14-16,23H,6-10H2,1H3/t15-,16-/m1/s1. The summed E-state index contributed by atoms with van der Waals surface area (Å²) < 4.78 is 15.4. The largest absolute Gasteiger partial charge is 0.392 e. The van der Waals surface area contributed by atoms with Crippen LogP contribution in [0, 0.1) is 12.7 Å². The molecule has 6 heteroatoms. The molecule has 0 amide bonds. The fraction of sp³-hybridized carbons (Fsp3) is 0.529. The maximum absolute atomic E-state index is 13.2. The topological polar surface area (TPSA) is 54.2 Å². The highest BCUT2D eigenvalue weighted by atomic mass is 19.1. The van der Waals surface area contributed by atoms with E-state index in [9.17, 15) is 9.50 Å². The maximum atomic E-state index is 13.2. The van der Waals surface area contributed by atoms with Crippen LogP contribution in [0.5, 0.6) is 0 Å². The lowest BCUT2D eigenvalue weighted by Gasteiger charge is -2.24. The Morgan fingerprint density at radius 2 is 1.96 bits per heavy atom. The number of likely N-dealkylation sites (tertiary alicyclic amines) is 1. The summed E-state index contributed by atoms with van der Waals surface area (Å²) in [5, 5.41) is 18.7. The van der Waals surface area contributed by atoms with Crippen molar-refractivity contribution in [1.29, 1.82) is 0 Å².